The number of allylic oxidation sites excluding steroid dienone is 1. The third-order valence-corrected chi connectivity index (χ3v) is 15.1. The number of methoxy groups -OCH3 is 1. The van der Waals surface area contributed by atoms with Crippen molar-refractivity contribution in [2.75, 3.05) is 20.3 Å². The zero-order chi connectivity index (χ0) is 33.5. The molecule has 0 amide bonds. The van der Waals surface area contributed by atoms with Crippen LogP contribution in [0.5, 0.6) is 0 Å². The molecular weight excluding hydrogens is 592 g/mol. The molecule has 8 N–H and O–H groups in total. The predicted octanol–water partition coefficient (Wildman–Crippen LogP) is 2.54. The maximum Gasteiger partial charge on any atom is 0.312 e. The molecular formula is C36H62O10. The summed E-state index contributed by atoms with van der Waals surface area (Å²) in [4.78, 5) is 13.4. The quantitative estimate of drug-likeness (QED) is 0.182. The molecule has 0 aromatic carbocycles. The average Bonchev–Trinajstić information content (AvgIpc) is 2.99. The van der Waals surface area contributed by atoms with Crippen LogP contribution in [0.2, 0.25) is 0 Å². The zero-order valence-corrected chi connectivity index (χ0v) is 29.3. The van der Waals surface area contributed by atoms with Crippen molar-refractivity contribution in [3.05, 3.63) is 11.6 Å². The van der Waals surface area contributed by atoms with Gasteiger partial charge in [-0.2, -0.15) is 0 Å². The van der Waals surface area contributed by atoms with Gasteiger partial charge in [0.2, 0.25) is 0 Å². The van der Waals surface area contributed by atoms with Crippen LogP contribution >= 0.6 is 0 Å². The second kappa shape index (κ2) is 12.3. The van der Waals surface area contributed by atoms with Crippen molar-refractivity contribution in [3.63, 3.8) is 0 Å². The minimum Gasteiger partial charge on any atom is -0.469 e. The largest absolute Gasteiger partial charge is 0.469 e. The number of ether oxygens (including phenoxy) is 2. The first-order valence-electron chi connectivity index (χ1n) is 17.3. The summed E-state index contributed by atoms with van der Waals surface area (Å²) in [5.41, 5.74) is -2.09. The lowest BCUT2D eigenvalue weighted by atomic mass is 9.32. The third kappa shape index (κ3) is 4.98. The fourth-order valence-electron chi connectivity index (χ4n) is 11.8. The van der Waals surface area contributed by atoms with Crippen molar-refractivity contribution in [1.82, 2.24) is 0 Å². The molecule has 0 aromatic heterocycles. The summed E-state index contributed by atoms with van der Waals surface area (Å²) in [5, 5.41) is 63.3. The van der Waals surface area contributed by atoms with E-state index in [0.29, 0.717) is 19.4 Å². The number of hydrogen-bond acceptors (Lipinski definition) is 9. The normalized spacial score (nSPS) is 52.5. The van der Waals surface area contributed by atoms with Crippen LogP contribution in [-0.4, -0.2) is 98.5 Å². The molecule has 6 aliphatic rings. The van der Waals surface area contributed by atoms with Gasteiger partial charge in [0.25, 0.3) is 0 Å². The molecule has 4 saturated carbocycles. The molecule has 0 radical (unpaired) electrons. The van der Waals surface area contributed by atoms with E-state index in [0.717, 1.165) is 38.5 Å². The van der Waals surface area contributed by atoms with E-state index < -0.39 is 52.4 Å². The van der Waals surface area contributed by atoms with Crippen molar-refractivity contribution in [1.29, 1.82) is 0 Å². The molecule has 4 unspecified atom stereocenters. The van der Waals surface area contributed by atoms with Crippen molar-refractivity contribution >= 4 is 5.97 Å². The maximum absolute atomic E-state index is 13.4. The highest BCUT2D eigenvalue weighted by Gasteiger charge is 2.73. The van der Waals surface area contributed by atoms with E-state index in [9.17, 15) is 25.2 Å². The fourth-order valence-corrected chi connectivity index (χ4v) is 11.8. The van der Waals surface area contributed by atoms with Crippen molar-refractivity contribution in [2.24, 2.45) is 50.7 Å². The Balaban J connectivity index is 0.000000467. The van der Waals surface area contributed by atoms with Gasteiger partial charge in [-0.3, -0.25) is 4.79 Å². The molecule has 0 spiro atoms. The van der Waals surface area contributed by atoms with E-state index in [1.807, 2.05) is 20.8 Å². The summed E-state index contributed by atoms with van der Waals surface area (Å²) in [6, 6.07) is 0. The van der Waals surface area contributed by atoms with Gasteiger partial charge in [0.05, 0.1) is 43.0 Å². The Morgan fingerprint density at radius 2 is 1.52 bits per heavy atom. The lowest BCUT2D eigenvalue weighted by Crippen LogP contribution is -2.72. The van der Waals surface area contributed by atoms with E-state index in [1.54, 1.807) is 0 Å². The van der Waals surface area contributed by atoms with Gasteiger partial charge >= 0.3 is 5.97 Å². The number of fused-ring (bicyclic) bond motifs is 7. The van der Waals surface area contributed by atoms with Gasteiger partial charge in [0.15, 0.2) is 0 Å². The summed E-state index contributed by atoms with van der Waals surface area (Å²) in [6.07, 6.45) is 4.02. The molecule has 10 nitrogen and oxygen atoms in total. The van der Waals surface area contributed by atoms with Gasteiger partial charge in [-0.1, -0.05) is 53.2 Å². The van der Waals surface area contributed by atoms with Crippen LogP contribution < -0.4 is 0 Å². The predicted molar refractivity (Wildman–Crippen MR) is 172 cm³/mol. The molecule has 14 atom stereocenters. The highest BCUT2D eigenvalue weighted by atomic mass is 16.5. The zero-order valence-electron chi connectivity index (χ0n) is 29.3. The van der Waals surface area contributed by atoms with Crippen LogP contribution in [0.15, 0.2) is 11.6 Å². The van der Waals surface area contributed by atoms with Crippen molar-refractivity contribution < 1.29 is 50.4 Å². The standard InChI is InChI=1S/C31H50O6.C5H10O3.H2O/c1-17-11-14-31(25(35)37-8)16-15-27(4)18(22(31)30(17,7)36)9-10-20-28(27,5)13-12-19-26(2,3)23(33)21(32)24(34)29(19,20)6;6-4-1-2-8-3-5(4)7;/h9,17,19-24,32-34,36H,10-16H2,1-8H3;4-7H,1-3H2;1H2/t17-,19?,20?,21-,22?,23?,24-,27-,28-,29+,30-,31+;4-,5+;/m10./s1. The number of esters is 1. The summed E-state index contributed by atoms with van der Waals surface area (Å²) < 4.78 is 10.2. The van der Waals surface area contributed by atoms with E-state index in [-0.39, 0.29) is 52.6 Å². The number of hydrogen-bond donors (Lipinski definition) is 6. The van der Waals surface area contributed by atoms with Crippen LogP contribution in [-0.2, 0) is 14.3 Å². The van der Waals surface area contributed by atoms with Crippen LogP contribution in [0.4, 0.5) is 0 Å². The smallest absolute Gasteiger partial charge is 0.312 e. The lowest BCUT2D eigenvalue weighted by Gasteiger charge is -2.72. The Morgan fingerprint density at radius 3 is 2.09 bits per heavy atom. The van der Waals surface area contributed by atoms with E-state index >= 15 is 0 Å². The SMILES string of the molecule is COC(=O)[C@]12CC[C@@H](C)[C@@](C)(O)C1C1=CCC3[C@]4(C)C(CC[C@@]3(C)[C@]1(C)CC2)C(C)(C)C(O)[C@@H](O)[C@H]4O.O.O[C@@H]1COCC[C@@H]1O. The highest BCUT2D eigenvalue weighted by Crippen LogP contribution is 2.76. The molecule has 1 heterocycles. The van der Waals surface area contributed by atoms with E-state index in [2.05, 4.69) is 33.8 Å². The number of rotatable bonds is 1. The van der Waals surface area contributed by atoms with Gasteiger partial charge in [-0.25, -0.2) is 0 Å². The van der Waals surface area contributed by atoms with Crippen LogP contribution in [0.1, 0.15) is 99.8 Å². The van der Waals surface area contributed by atoms with Gasteiger partial charge in [0, 0.05) is 17.9 Å². The Labute approximate surface area is 274 Å². The fraction of sp³-hybridized carbons (Fsp3) is 0.917. The van der Waals surface area contributed by atoms with Gasteiger partial charge in [-0.05, 0) is 92.3 Å². The van der Waals surface area contributed by atoms with Crippen LogP contribution in [0, 0.1) is 50.7 Å². The van der Waals surface area contributed by atoms with E-state index in [4.69, 9.17) is 19.7 Å². The lowest BCUT2D eigenvalue weighted by molar-refractivity contribution is -0.280. The second-order valence-corrected chi connectivity index (χ2v) is 17.1. The molecule has 0 aromatic rings. The third-order valence-electron chi connectivity index (χ3n) is 15.1. The monoisotopic (exact) mass is 654 g/mol. The Morgan fingerprint density at radius 1 is 0.870 bits per heavy atom. The molecule has 46 heavy (non-hydrogen) atoms. The molecule has 5 aliphatic carbocycles. The Kier molecular flexibility index (Phi) is 10.1. The van der Waals surface area contributed by atoms with Crippen molar-refractivity contribution in [3.8, 4) is 0 Å². The highest BCUT2D eigenvalue weighted by molar-refractivity contribution is 5.79. The average molecular weight is 655 g/mol. The molecule has 5 fully saturated rings. The first-order chi connectivity index (χ1) is 20.8. The molecule has 0 bridgehead atoms. The molecule has 1 aliphatic heterocycles. The summed E-state index contributed by atoms with van der Waals surface area (Å²) in [7, 11) is 1.47. The minimum atomic E-state index is -1.19. The van der Waals surface area contributed by atoms with Gasteiger partial charge in [-0.15, -0.1) is 0 Å². The van der Waals surface area contributed by atoms with E-state index in [1.165, 1.54) is 12.7 Å². The summed E-state index contributed by atoms with van der Waals surface area (Å²) >= 11 is 0. The van der Waals surface area contributed by atoms with Gasteiger partial charge < -0.3 is 45.6 Å². The summed E-state index contributed by atoms with van der Waals surface area (Å²) in [6.45, 7) is 15.8. The van der Waals surface area contributed by atoms with Crippen LogP contribution in [0.25, 0.3) is 0 Å². The number of aliphatic hydroxyl groups excluding tert-OH is 5. The first-order valence-corrected chi connectivity index (χ1v) is 17.3. The maximum atomic E-state index is 13.4. The molecule has 266 valence electrons. The topological polar surface area (TPSA) is 188 Å². The number of carbonyl (C=O) groups excluding carboxylic acids is 1. The summed E-state index contributed by atoms with van der Waals surface area (Å²) in [5.74, 6) is -0.272. The molecule has 10 heteroatoms. The van der Waals surface area contributed by atoms with Crippen LogP contribution in [0.3, 0.4) is 0 Å². The Bertz CT molecular complexity index is 1160. The first kappa shape index (κ1) is 37.7. The van der Waals surface area contributed by atoms with Gasteiger partial charge in [0.1, 0.15) is 12.2 Å². The second-order valence-electron chi connectivity index (χ2n) is 17.1. The van der Waals surface area contributed by atoms with Crippen molar-refractivity contribution in [2.45, 2.75) is 136 Å². The Hall–Kier alpha value is -1.11. The minimum absolute atomic E-state index is 0. The number of carbonyl (C=O) groups is 1. The number of aliphatic hydroxyl groups is 6. The molecule has 6 rings (SSSR count). The molecule has 1 saturated heterocycles.